The van der Waals surface area contributed by atoms with Gasteiger partial charge in [-0.15, -0.1) is 11.3 Å². The number of aromatic nitrogens is 1. The van der Waals surface area contributed by atoms with Crippen LogP contribution in [0.3, 0.4) is 0 Å². The number of carbonyl (C=O) groups is 2. The molecule has 2 aromatic rings. The van der Waals surface area contributed by atoms with Crippen molar-refractivity contribution in [2.75, 3.05) is 11.1 Å². The largest absolute Gasteiger partial charge is 0.477 e. The molecule has 1 aromatic heterocycles. The fraction of sp³-hybridized carbons (Fsp3) is 0.154. The molecular formula is C13H14N4O3S. The minimum Gasteiger partial charge on any atom is -0.477 e. The number of rotatable bonds is 4. The van der Waals surface area contributed by atoms with Gasteiger partial charge in [-0.1, -0.05) is 12.1 Å². The van der Waals surface area contributed by atoms with Crippen LogP contribution in [0.2, 0.25) is 0 Å². The van der Waals surface area contributed by atoms with E-state index in [2.05, 4.69) is 15.6 Å². The van der Waals surface area contributed by atoms with Gasteiger partial charge < -0.3 is 21.5 Å². The lowest BCUT2D eigenvalue weighted by molar-refractivity contribution is 0.0701. The van der Waals surface area contributed by atoms with Crippen molar-refractivity contribution in [2.24, 2.45) is 0 Å². The molecule has 8 heteroatoms. The molecule has 0 unspecified atom stereocenters. The first-order valence-electron chi connectivity index (χ1n) is 6.06. The predicted molar refractivity (Wildman–Crippen MR) is 80.5 cm³/mol. The van der Waals surface area contributed by atoms with Crippen LogP contribution in [-0.2, 0) is 6.54 Å². The Morgan fingerprint density at radius 2 is 2.10 bits per heavy atom. The Balaban J connectivity index is 1.94. The summed E-state index contributed by atoms with van der Waals surface area (Å²) in [6.07, 6.45) is 0. The molecule has 0 aliphatic rings. The van der Waals surface area contributed by atoms with E-state index < -0.39 is 12.0 Å². The first-order chi connectivity index (χ1) is 9.97. The minimum atomic E-state index is -1.02. The summed E-state index contributed by atoms with van der Waals surface area (Å²) >= 11 is 1.04. The monoisotopic (exact) mass is 306 g/mol. The molecule has 0 fully saturated rings. The van der Waals surface area contributed by atoms with Crippen LogP contribution >= 0.6 is 11.3 Å². The Morgan fingerprint density at radius 1 is 1.38 bits per heavy atom. The highest BCUT2D eigenvalue weighted by molar-refractivity contribution is 7.13. The maximum atomic E-state index is 11.7. The number of anilines is 2. The van der Waals surface area contributed by atoms with Crippen molar-refractivity contribution in [2.45, 2.75) is 13.5 Å². The Kier molecular flexibility index (Phi) is 4.39. The summed E-state index contributed by atoms with van der Waals surface area (Å²) < 4.78 is 0. The number of aromatic carboxylic acids is 1. The first-order valence-corrected chi connectivity index (χ1v) is 6.88. The number of benzene rings is 1. The van der Waals surface area contributed by atoms with Gasteiger partial charge in [0.15, 0.2) is 0 Å². The van der Waals surface area contributed by atoms with Gasteiger partial charge in [-0.05, 0) is 19.1 Å². The summed E-state index contributed by atoms with van der Waals surface area (Å²) in [5, 5.41) is 14.7. The predicted octanol–water partition coefficient (Wildman–Crippen LogP) is 2.05. The van der Waals surface area contributed by atoms with E-state index in [4.69, 9.17) is 10.8 Å². The second kappa shape index (κ2) is 6.23. The Bertz CT molecular complexity index is 684. The fourth-order valence-corrected chi connectivity index (χ4v) is 2.50. The molecule has 0 saturated carbocycles. The van der Waals surface area contributed by atoms with Crippen molar-refractivity contribution in [1.82, 2.24) is 10.3 Å². The smallest absolute Gasteiger partial charge is 0.347 e. The van der Waals surface area contributed by atoms with Gasteiger partial charge in [-0.2, -0.15) is 0 Å². The number of hydrogen-bond acceptors (Lipinski definition) is 5. The second-order valence-corrected chi connectivity index (χ2v) is 5.31. The average Bonchev–Trinajstić information content (AvgIpc) is 2.80. The Labute approximate surface area is 124 Å². The van der Waals surface area contributed by atoms with Gasteiger partial charge in [-0.3, -0.25) is 0 Å². The zero-order valence-corrected chi connectivity index (χ0v) is 12.0. The number of nitrogens with one attached hydrogen (secondary N) is 2. The van der Waals surface area contributed by atoms with E-state index in [0.717, 1.165) is 11.3 Å². The number of nitrogen functional groups attached to an aromatic ring is 1. The van der Waals surface area contributed by atoms with Gasteiger partial charge in [0.1, 0.15) is 9.88 Å². The number of para-hydroxylation sites is 2. The highest BCUT2D eigenvalue weighted by Gasteiger charge is 2.14. The van der Waals surface area contributed by atoms with Crippen LogP contribution < -0.4 is 16.4 Å². The van der Waals surface area contributed by atoms with Crippen molar-refractivity contribution in [3.05, 3.63) is 39.8 Å². The van der Waals surface area contributed by atoms with Gasteiger partial charge >= 0.3 is 12.0 Å². The molecule has 0 aliphatic carbocycles. The molecule has 110 valence electrons. The Morgan fingerprint density at radius 3 is 2.71 bits per heavy atom. The average molecular weight is 306 g/mol. The highest BCUT2D eigenvalue weighted by atomic mass is 32.1. The number of carboxylic acids is 1. The number of amides is 2. The summed E-state index contributed by atoms with van der Waals surface area (Å²) in [5.74, 6) is -1.02. The van der Waals surface area contributed by atoms with Gasteiger partial charge in [-0.25, -0.2) is 14.6 Å². The van der Waals surface area contributed by atoms with E-state index in [9.17, 15) is 9.59 Å². The lowest BCUT2D eigenvalue weighted by Gasteiger charge is -2.08. The summed E-state index contributed by atoms with van der Waals surface area (Å²) in [6.45, 7) is 1.77. The maximum Gasteiger partial charge on any atom is 0.347 e. The zero-order valence-electron chi connectivity index (χ0n) is 11.2. The van der Waals surface area contributed by atoms with E-state index in [1.807, 2.05) is 0 Å². The zero-order chi connectivity index (χ0) is 15.4. The highest BCUT2D eigenvalue weighted by Crippen LogP contribution is 2.18. The molecule has 5 N–H and O–H groups in total. The fourth-order valence-electron chi connectivity index (χ4n) is 1.66. The third-order valence-electron chi connectivity index (χ3n) is 2.64. The van der Waals surface area contributed by atoms with Gasteiger partial charge in [0, 0.05) is 0 Å². The number of thiazole rings is 1. The normalized spacial score (nSPS) is 10.1. The molecular weight excluding hydrogens is 292 g/mol. The molecule has 0 spiro atoms. The minimum absolute atomic E-state index is 0.150. The van der Waals surface area contributed by atoms with Gasteiger partial charge in [0.05, 0.1) is 23.6 Å². The van der Waals surface area contributed by atoms with Crippen LogP contribution in [0.1, 0.15) is 20.4 Å². The molecule has 2 rings (SSSR count). The number of carboxylic acid groups (broad SMARTS) is 1. The lowest BCUT2D eigenvalue weighted by atomic mass is 10.3. The molecule has 1 heterocycles. The van der Waals surface area contributed by atoms with Crippen LogP contribution in [0.25, 0.3) is 0 Å². The van der Waals surface area contributed by atoms with E-state index >= 15 is 0 Å². The van der Waals surface area contributed by atoms with E-state index in [1.54, 1.807) is 31.2 Å². The van der Waals surface area contributed by atoms with Crippen LogP contribution in [0.4, 0.5) is 16.2 Å². The summed E-state index contributed by atoms with van der Waals surface area (Å²) in [7, 11) is 0. The molecule has 2 amide bonds. The van der Waals surface area contributed by atoms with E-state index in [0.29, 0.717) is 22.1 Å². The van der Waals surface area contributed by atoms with Crippen molar-refractivity contribution in [1.29, 1.82) is 0 Å². The topological polar surface area (TPSA) is 117 Å². The van der Waals surface area contributed by atoms with Gasteiger partial charge in [0.2, 0.25) is 0 Å². The summed E-state index contributed by atoms with van der Waals surface area (Å²) in [4.78, 5) is 26.9. The molecule has 21 heavy (non-hydrogen) atoms. The third kappa shape index (κ3) is 3.69. The van der Waals surface area contributed by atoms with Crippen molar-refractivity contribution in [3.8, 4) is 0 Å². The third-order valence-corrected chi connectivity index (χ3v) is 3.79. The number of hydrogen-bond donors (Lipinski definition) is 4. The van der Waals surface area contributed by atoms with Crippen molar-refractivity contribution < 1.29 is 14.7 Å². The molecule has 0 radical (unpaired) electrons. The summed E-state index contributed by atoms with van der Waals surface area (Å²) in [6, 6.07) is 6.46. The number of nitrogens with two attached hydrogens (primary N) is 1. The number of carbonyl (C=O) groups excluding carboxylic acids is 1. The van der Waals surface area contributed by atoms with Crippen LogP contribution in [0.5, 0.6) is 0 Å². The maximum absolute atomic E-state index is 11.7. The van der Waals surface area contributed by atoms with E-state index in [-0.39, 0.29) is 11.4 Å². The van der Waals surface area contributed by atoms with E-state index in [1.165, 1.54) is 0 Å². The first kappa shape index (κ1) is 14.8. The number of nitrogens with zero attached hydrogens (tertiary/aromatic N) is 1. The molecule has 0 saturated heterocycles. The molecule has 0 bridgehead atoms. The molecule has 0 atom stereocenters. The quantitative estimate of drug-likeness (QED) is 0.645. The van der Waals surface area contributed by atoms with Crippen LogP contribution in [0.15, 0.2) is 24.3 Å². The Hall–Kier alpha value is -2.61. The second-order valence-electron chi connectivity index (χ2n) is 4.22. The number of urea groups is 1. The lowest BCUT2D eigenvalue weighted by Crippen LogP contribution is -2.28. The summed E-state index contributed by atoms with van der Waals surface area (Å²) in [5.41, 5.74) is 7.13. The van der Waals surface area contributed by atoms with Crippen molar-refractivity contribution >= 4 is 34.7 Å². The standard InChI is InChI=1S/C13H14N4O3S/c1-7-11(12(18)19)21-10(16-7)6-15-13(20)17-9-5-3-2-4-8(9)14/h2-5H,6,14H2,1H3,(H,18,19)(H2,15,17,20). The van der Waals surface area contributed by atoms with Crippen LogP contribution in [0, 0.1) is 6.92 Å². The molecule has 7 nitrogen and oxygen atoms in total. The van der Waals surface area contributed by atoms with Crippen LogP contribution in [-0.4, -0.2) is 22.1 Å². The molecule has 0 aliphatic heterocycles. The SMILES string of the molecule is Cc1nc(CNC(=O)Nc2ccccc2N)sc1C(=O)O. The molecule has 1 aromatic carbocycles. The van der Waals surface area contributed by atoms with Gasteiger partial charge in [0.25, 0.3) is 0 Å². The van der Waals surface area contributed by atoms with Crippen molar-refractivity contribution in [3.63, 3.8) is 0 Å². The number of aryl methyl sites for hydroxylation is 1.